The smallest absolute Gasteiger partial charge is 0.356 e. The van der Waals surface area contributed by atoms with E-state index in [0.29, 0.717) is 31.5 Å². The van der Waals surface area contributed by atoms with Gasteiger partial charge in [0.2, 0.25) is 5.91 Å². The third-order valence-corrected chi connectivity index (χ3v) is 2.79. The second-order valence-corrected chi connectivity index (χ2v) is 3.75. The van der Waals surface area contributed by atoms with E-state index >= 15 is 0 Å². The van der Waals surface area contributed by atoms with Crippen LogP contribution in [0.1, 0.15) is 35.1 Å². The predicted octanol–water partition coefficient (Wildman–Crippen LogP) is 0.403. The van der Waals surface area contributed by atoms with Crippen LogP contribution < -0.4 is 0 Å². The molecule has 0 saturated heterocycles. The zero-order valence-corrected chi connectivity index (χ0v) is 8.99. The summed E-state index contributed by atoms with van der Waals surface area (Å²) in [6.07, 6.45) is 1.08. The molecule has 16 heavy (non-hydrogen) atoms. The maximum absolute atomic E-state index is 11.5. The van der Waals surface area contributed by atoms with Gasteiger partial charge in [0.15, 0.2) is 5.69 Å². The number of H-pyrrole nitrogens is 1. The highest BCUT2D eigenvalue weighted by Gasteiger charge is 2.26. The average Bonchev–Trinajstić information content (AvgIpc) is 2.70. The molecule has 1 aromatic rings. The van der Waals surface area contributed by atoms with Gasteiger partial charge in [0, 0.05) is 37.2 Å². The molecule has 2 rings (SSSR count). The van der Waals surface area contributed by atoms with Crippen molar-refractivity contribution in [2.24, 2.45) is 0 Å². The summed E-state index contributed by atoms with van der Waals surface area (Å²) in [5.41, 5.74) is 1.50. The molecule has 1 aromatic heterocycles. The molecule has 2 N–H and O–H groups in total. The van der Waals surface area contributed by atoms with E-state index in [9.17, 15) is 9.59 Å². The normalized spacial score (nSPS) is 14.7. The van der Waals surface area contributed by atoms with Crippen molar-refractivity contribution in [3.05, 3.63) is 17.0 Å². The molecule has 6 nitrogen and oxygen atoms in total. The fourth-order valence-corrected chi connectivity index (χ4v) is 1.91. The summed E-state index contributed by atoms with van der Waals surface area (Å²) in [5, 5.41) is 15.4. The molecule has 0 radical (unpaired) electrons. The average molecular weight is 223 g/mol. The molecule has 0 fully saturated rings. The van der Waals surface area contributed by atoms with E-state index in [2.05, 4.69) is 10.2 Å². The molecular formula is C10H13N3O3. The number of fused-ring (bicyclic) bond motifs is 1. The summed E-state index contributed by atoms with van der Waals surface area (Å²) in [4.78, 5) is 24.1. The van der Waals surface area contributed by atoms with Gasteiger partial charge in [0.1, 0.15) is 0 Å². The Morgan fingerprint density at radius 2 is 2.31 bits per heavy atom. The number of carboxylic acid groups (broad SMARTS) is 1. The largest absolute Gasteiger partial charge is 0.476 e. The third-order valence-electron chi connectivity index (χ3n) is 2.79. The number of carbonyl (C=O) groups excluding carboxylic acids is 1. The molecule has 86 valence electrons. The molecule has 1 amide bonds. The van der Waals surface area contributed by atoms with Crippen LogP contribution in [0, 0.1) is 0 Å². The molecule has 0 bridgehead atoms. The van der Waals surface area contributed by atoms with Crippen molar-refractivity contribution < 1.29 is 14.7 Å². The first-order valence-electron chi connectivity index (χ1n) is 5.20. The number of rotatable bonds is 2. The number of nitrogens with zero attached hydrogens (tertiary/aromatic N) is 2. The van der Waals surface area contributed by atoms with E-state index < -0.39 is 5.97 Å². The second-order valence-electron chi connectivity index (χ2n) is 3.75. The Morgan fingerprint density at radius 1 is 1.56 bits per heavy atom. The van der Waals surface area contributed by atoms with Gasteiger partial charge in [0.05, 0.1) is 0 Å². The van der Waals surface area contributed by atoms with Crippen LogP contribution in [0.25, 0.3) is 0 Å². The van der Waals surface area contributed by atoms with Gasteiger partial charge in [-0.15, -0.1) is 0 Å². The number of carboxylic acids is 1. The Morgan fingerprint density at radius 3 is 2.94 bits per heavy atom. The number of aromatic nitrogens is 2. The zero-order chi connectivity index (χ0) is 11.7. The van der Waals surface area contributed by atoms with Gasteiger partial charge < -0.3 is 10.0 Å². The molecule has 6 heteroatoms. The maximum atomic E-state index is 11.5. The lowest BCUT2D eigenvalue weighted by Gasteiger charge is -2.26. The number of aromatic carboxylic acids is 1. The van der Waals surface area contributed by atoms with Crippen LogP contribution in [0.4, 0.5) is 0 Å². The Labute approximate surface area is 92.3 Å². The van der Waals surface area contributed by atoms with Crippen LogP contribution in [-0.2, 0) is 17.8 Å². The summed E-state index contributed by atoms with van der Waals surface area (Å²) in [6, 6.07) is 0. The van der Waals surface area contributed by atoms with Crippen molar-refractivity contribution in [1.29, 1.82) is 0 Å². The Bertz CT molecular complexity index is 439. The number of hydrogen-bond donors (Lipinski definition) is 2. The van der Waals surface area contributed by atoms with E-state index in [1.165, 1.54) is 0 Å². The summed E-state index contributed by atoms with van der Waals surface area (Å²) in [7, 11) is 0. The first-order chi connectivity index (χ1) is 7.63. The van der Waals surface area contributed by atoms with Crippen molar-refractivity contribution in [3.8, 4) is 0 Å². The Hall–Kier alpha value is -1.85. The van der Waals surface area contributed by atoms with Gasteiger partial charge in [-0.25, -0.2) is 4.79 Å². The van der Waals surface area contributed by atoms with Crippen LogP contribution in [0.5, 0.6) is 0 Å². The summed E-state index contributed by atoms with van der Waals surface area (Å²) in [6.45, 7) is 2.77. The second kappa shape index (κ2) is 3.96. The minimum Gasteiger partial charge on any atom is -0.476 e. The quantitative estimate of drug-likeness (QED) is 0.760. The lowest BCUT2D eigenvalue weighted by atomic mass is 10.1. The Balaban J connectivity index is 2.27. The van der Waals surface area contributed by atoms with E-state index in [-0.39, 0.29) is 11.6 Å². The predicted molar refractivity (Wildman–Crippen MR) is 55.0 cm³/mol. The minimum atomic E-state index is -1.05. The zero-order valence-electron chi connectivity index (χ0n) is 8.99. The Kier molecular flexibility index (Phi) is 2.64. The number of amides is 1. The fourth-order valence-electron chi connectivity index (χ4n) is 1.91. The highest BCUT2D eigenvalue weighted by atomic mass is 16.4. The van der Waals surface area contributed by atoms with Crippen molar-refractivity contribution in [2.75, 3.05) is 6.54 Å². The summed E-state index contributed by atoms with van der Waals surface area (Å²) >= 11 is 0. The highest BCUT2D eigenvalue weighted by Crippen LogP contribution is 2.20. The molecule has 0 unspecified atom stereocenters. The van der Waals surface area contributed by atoms with Crippen molar-refractivity contribution in [3.63, 3.8) is 0 Å². The van der Waals surface area contributed by atoms with E-state index in [0.717, 1.165) is 5.69 Å². The SMILES string of the molecule is CCC(=O)N1CCc2[nH]nc(C(=O)O)c2C1. The van der Waals surface area contributed by atoms with Crippen LogP contribution in [0.15, 0.2) is 0 Å². The summed E-state index contributed by atoms with van der Waals surface area (Å²) in [5.74, 6) is -1.01. The van der Waals surface area contributed by atoms with Crippen LogP contribution in [0.3, 0.4) is 0 Å². The fraction of sp³-hybridized carbons (Fsp3) is 0.500. The van der Waals surface area contributed by atoms with Crippen molar-refractivity contribution in [1.82, 2.24) is 15.1 Å². The van der Waals surface area contributed by atoms with Crippen LogP contribution in [-0.4, -0.2) is 38.6 Å². The maximum Gasteiger partial charge on any atom is 0.356 e. The number of hydrogen-bond acceptors (Lipinski definition) is 3. The van der Waals surface area contributed by atoms with Crippen LogP contribution >= 0.6 is 0 Å². The van der Waals surface area contributed by atoms with E-state index in [4.69, 9.17) is 5.11 Å². The molecule has 0 saturated carbocycles. The molecule has 0 aromatic carbocycles. The van der Waals surface area contributed by atoms with E-state index in [1.54, 1.807) is 11.8 Å². The number of nitrogens with one attached hydrogen (secondary N) is 1. The van der Waals surface area contributed by atoms with Gasteiger partial charge in [-0.3, -0.25) is 9.89 Å². The van der Waals surface area contributed by atoms with Crippen molar-refractivity contribution in [2.45, 2.75) is 26.3 Å². The first kappa shape index (κ1) is 10.7. The summed E-state index contributed by atoms with van der Waals surface area (Å²) < 4.78 is 0. The molecule has 0 spiro atoms. The molecule has 1 aliphatic heterocycles. The van der Waals surface area contributed by atoms with Gasteiger partial charge in [-0.2, -0.15) is 5.10 Å². The van der Waals surface area contributed by atoms with Gasteiger partial charge in [0.25, 0.3) is 0 Å². The molecule has 0 aliphatic carbocycles. The van der Waals surface area contributed by atoms with Gasteiger partial charge >= 0.3 is 5.97 Å². The standard InChI is InChI=1S/C10H13N3O3/c1-2-8(14)13-4-3-7-6(5-13)9(10(15)16)12-11-7/h2-5H2,1H3,(H,11,12)(H,15,16). The van der Waals surface area contributed by atoms with Gasteiger partial charge in [-0.05, 0) is 0 Å². The highest BCUT2D eigenvalue weighted by molar-refractivity contribution is 5.87. The molecule has 0 atom stereocenters. The molecule has 1 aliphatic rings. The third kappa shape index (κ3) is 1.66. The van der Waals surface area contributed by atoms with E-state index in [1.807, 2.05) is 0 Å². The monoisotopic (exact) mass is 223 g/mol. The molecular weight excluding hydrogens is 210 g/mol. The van der Waals surface area contributed by atoms with Gasteiger partial charge in [-0.1, -0.05) is 6.92 Å². The van der Waals surface area contributed by atoms with Crippen LogP contribution in [0.2, 0.25) is 0 Å². The lowest BCUT2D eigenvalue weighted by molar-refractivity contribution is -0.131. The molecule has 2 heterocycles. The number of aromatic amines is 1. The van der Waals surface area contributed by atoms with Crippen molar-refractivity contribution >= 4 is 11.9 Å². The number of carbonyl (C=O) groups is 2. The lowest BCUT2D eigenvalue weighted by Crippen LogP contribution is -2.35. The first-order valence-corrected chi connectivity index (χ1v) is 5.20. The topological polar surface area (TPSA) is 86.3 Å². The minimum absolute atomic E-state index is 0.0311.